The first kappa shape index (κ1) is 24.6. The lowest BCUT2D eigenvalue weighted by molar-refractivity contribution is 0.0662. The number of fused-ring (bicyclic) bond motifs is 1. The van der Waals surface area contributed by atoms with E-state index >= 15 is 0 Å². The predicted octanol–water partition coefficient (Wildman–Crippen LogP) is 3.74. The van der Waals surface area contributed by atoms with Crippen molar-refractivity contribution in [2.45, 2.75) is 33.6 Å². The van der Waals surface area contributed by atoms with Crippen LogP contribution in [0, 0.1) is 29.6 Å². The molecule has 3 rings (SSSR count). The van der Waals surface area contributed by atoms with Crippen LogP contribution in [-0.2, 0) is 0 Å². The molecule has 0 bridgehead atoms. The van der Waals surface area contributed by atoms with E-state index in [1.54, 1.807) is 6.92 Å². The van der Waals surface area contributed by atoms with Crippen molar-refractivity contribution in [1.82, 2.24) is 9.58 Å². The van der Waals surface area contributed by atoms with E-state index in [1.165, 1.54) is 13.0 Å². The van der Waals surface area contributed by atoms with Gasteiger partial charge in [-0.05, 0) is 42.3 Å². The molecule has 0 unspecified atom stereocenters. The first-order chi connectivity index (χ1) is 16.2. The summed E-state index contributed by atoms with van der Waals surface area (Å²) in [5.41, 5.74) is 1.78. The molecular formula is C22H20BrN7O4. The second-order valence-electron chi connectivity index (χ2n) is 7.36. The number of rotatable bonds is 7. The number of benzene rings is 1. The van der Waals surface area contributed by atoms with Crippen molar-refractivity contribution in [3.05, 3.63) is 48.7 Å². The Labute approximate surface area is 203 Å². The minimum atomic E-state index is -0.743. The largest absolute Gasteiger partial charge is 0.492 e. The quantitative estimate of drug-likeness (QED) is 0.315. The molecule has 1 aromatic carbocycles. The van der Waals surface area contributed by atoms with Crippen molar-refractivity contribution >= 4 is 39.1 Å². The maximum atomic E-state index is 13.0. The number of carbonyl (C=O) groups excluding carboxylic acids is 2. The normalized spacial score (nSPS) is 12.7. The number of carbonyl (C=O) groups is 2. The first-order valence-electron chi connectivity index (χ1n) is 10.4. The van der Waals surface area contributed by atoms with Gasteiger partial charge in [0.05, 0.1) is 21.2 Å². The van der Waals surface area contributed by atoms with Gasteiger partial charge < -0.3 is 10.5 Å². The van der Waals surface area contributed by atoms with Gasteiger partial charge in [0, 0.05) is 18.7 Å². The van der Waals surface area contributed by atoms with Crippen LogP contribution in [0.15, 0.2) is 25.6 Å². The van der Waals surface area contributed by atoms with Gasteiger partial charge in [-0.15, -0.1) is 10.2 Å². The molecule has 0 aliphatic carbocycles. The van der Waals surface area contributed by atoms with E-state index < -0.39 is 23.3 Å². The van der Waals surface area contributed by atoms with E-state index in [-0.39, 0.29) is 50.2 Å². The van der Waals surface area contributed by atoms with Crippen LogP contribution in [0.3, 0.4) is 0 Å². The zero-order valence-corrected chi connectivity index (χ0v) is 20.2. The van der Waals surface area contributed by atoms with Crippen LogP contribution >= 0.6 is 15.9 Å². The number of aromatic hydroxyl groups is 1. The summed E-state index contributed by atoms with van der Waals surface area (Å²) in [6.07, 6.45) is 1.56. The summed E-state index contributed by atoms with van der Waals surface area (Å²) >= 11 is 3.26. The van der Waals surface area contributed by atoms with Crippen LogP contribution in [0.5, 0.6) is 5.88 Å². The highest BCUT2D eigenvalue weighted by Crippen LogP contribution is 2.40. The average molecular weight is 526 g/mol. The number of aromatic nitrogens is 1. The number of nitrogens with zero attached hydrogens (tertiary/aromatic N) is 6. The number of unbranched alkanes of at least 4 members (excludes halogenated alkanes) is 1. The molecule has 0 spiro atoms. The van der Waals surface area contributed by atoms with Gasteiger partial charge in [0.1, 0.15) is 23.4 Å². The number of nitrogens with one attached hydrogen (secondary N) is 1. The van der Waals surface area contributed by atoms with Crippen LogP contribution in [-0.4, -0.2) is 39.6 Å². The molecule has 0 fully saturated rings. The Balaban J connectivity index is 2.19. The van der Waals surface area contributed by atoms with Crippen molar-refractivity contribution < 1.29 is 14.7 Å². The third-order valence-corrected chi connectivity index (χ3v) is 6.12. The topological polar surface area (TPSA) is 164 Å². The van der Waals surface area contributed by atoms with Crippen molar-refractivity contribution in [1.29, 1.82) is 10.5 Å². The van der Waals surface area contributed by atoms with Crippen molar-refractivity contribution in [3.63, 3.8) is 0 Å². The molecule has 2 heterocycles. The third kappa shape index (κ3) is 3.93. The summed E-state index contributed by atoms with van der Waals surface area (Å²) in [5.74, 6) is -1.59. The lowest BCUT2D eigenvalue weighted by Crippen LogP contribution is -2.30. The minimum Gasteiger partial charge on any atom is -0.492 e. The van der Waals surface area contributed by atoms with Crippen LogP contribution in [0.25, 0.3) is 0 Å². The maximum absolute atomic E-state index is 13.0. The van der Waals surface area contributed by atoms with Gasteiger partial charge >= 0.3 is 0 Å². The highest BCUT2D eigenvalue weighted by atomic mass is 79.9. The number of nitriles is 2. The molecule has 34 heavy (non-hydrogen) atoms. The zero-order chi connectivity index (χ0) is 25.2. The van der Waals surface area contributed by atoms with Crippen LogP contribution in [0.4, 0.5) is 11.4 Å². The number of hydrogen-bond donors (Lipinski definition) is 2. The van der Waals surface area contributed by atoms with Gasteiger partial charge in [0.2, 0.25) is 5.88 Å². The number of amides is 2. The fourth-order valence-corrected chi connectivity index (χ4v) is 4.16. The zero-order valence-electron chi connectivity index (χ0n) is 18.6. The average Bonchev–Trinajstić information content (AvgIpc) is 3.06. The van der Waals surface area contributed by atoms with E-state index in [0.29, 0.717) is 13.0 Å². The molecule has 0 saturated carbocycles. The van der Waals surface area contributed by atoms with E-state index in [2.05, 4.69) is 31.6 Å². The van der Waals surface area contributed by atoms with Crippen LogP contribution in [0.2, 0.25) is 0 Å². The first-order valence-corrected chi connectivity index (χ1v) is 11.2. The molecule has 1 aliphatic rings. The molecule has 2 N–H and O–H groups in total. The minimum absolute atomic E-state index is 0.0354. The third-order valence-electron chi connectivity index (χ3n) is 5.35. The SMILES string of the molecule is CCCCNn1c(O)c(C#N)c(C)c(N=Nc2c(C#N)cc3c(c2Br)C(=O)N(CC)C3=O)c1=O. The van der Waals surface area contributed by atoms with Crippen LogP contribution < -0.4 is 11.0 Å². The lowest BCUT2D eigenvalue weighted by Gasteiger charge is -2.14. The molecule has 0 saturated heterocycles. The van der Waals surface area contributed by atoms with E-state index in [4.69, 9.17) is 0 Å². The van der Waals surface area contributed by atoms with Crippen molar-refractivity contribution in [3.8, 4) is 18.0 Å². The Morgan fingerprint density at radius 1 is 1.12 bits per heavy atom. The van der Waals surface area contributed by atoms with Gasteiger partial charge in [-0.25, -0.2) is 0 Å². The summed E-state index contributed by atoms with van der Waals surface area (Å²) in [5, 5.41) is 37.5. The highest BCUT2D eigenvalue weighted by Gasteiger charge is 2.38. The number of pyridine rings is 1. The van der Waals surface area contributed by atoms with Gasteiger partial charge in [-0.3, -0.25) is 19.3 Å². The predicted molar refractivity (Wildman–Crippen MR) is 125 cm³/mol. The van der Waals surface area contributed by atoms with Gasteiger partial charge in [-0.1, -0.05) is 13.3 Å². The molecule has 2 aromatic rings. The summed E-state index contributed by atoms with van der Waals surface area (Å²) < 4.78 is 0.928. The summed E-state index contributed by atoms with van der Waals surface area (Å²) in [6, 6.07) is 5.04. The number of imide groups is 1. The Morgan fingerprint density at radius 3 is 2.38 bits per heavy atom. The molecular weight excluding hydrogens is 506 g/mol. The molecule has 1 aromatic heterocycles. The fraction of sp³-hybridized carbons (Fsp3) is 0.318. The standard InChI is InChI=1S/C22H20BrN7O4/c1-4-6-7-26-30-20(32)14(10-25)11(3)17(22(30)34)27-28-18-12(9-24)8-13-15(16(18)23)21(33)29(5-2)19(13)31/h8,26,32H,4-7H2,1-3H3. The molecule has 11 nitrogen and oxygen atoms in total. The summed E-state index contributed by atoms with van der Waals surface area (Å²) in [6.45, 7) is 5.58. The smallest absolute Gasteiger partial charge is 0.300 e. The Morgan fingerprint density at radius 2 is 1.79 bits per heavy atom. The Kier molecular flexibility index (Phi) is 7.13. The Hall–Kier alpha value is -4.03. The molecule has 12 heteroatoms. The van der Waals surface area contributed by atoms with Crippen molar-refractivity contribution in [2.75, 3.05) is 18.5 Å². The fourth-order valence-electron chi connectivity index (χ4n) is 3.49. The molecule has 174 valence electrons. The summed E-state index contributed by atoms with van der Waals surface area (Å²) in [7, 11) is 0. The van der Waals surface area contributed by atoms with E-state index in [1.807, 2.05) is 19.1 Å². The molecule has 2 amide bonds. The van der Waals surface area contributed by atoms with E-state index in [9.17, 15) is 30.0 Å². The van der Waals surface area contributed by atoms with Crippen LogP contribution in [0.1, 0.15) is 64.1 Å². The monoisotopic (exact) mass is 525 g/mol. The highest BCUT2D eigenvalue weighted by molar-refractivity contribution is 9.10. The second kappa shape index (κ2) is 9.85. The van der Waals surface area contributed by atoms with Crippen molar-refractivity contribution in [2.24, 2.45) is 10.2 Å². The van der Waals surface area contributed by atoms with Gasteiger partial charge in [0.25, 0.3) is 17.4 Å². The van der Waals surface area contributed by atoms with Gasteiger partial charge in [-0.2, -0.15) is 15.2 Å². The lowest BCUT2D eigenvalue weighted by atomic mass is 10.0. The number of halogens is 1. The molecule has 0 atom stereocenters. The maximum Gasteiger partial charge on any atom is 0.300 e. The molecule has 1 aliphatic heterocycles. The number of azo groups is 1. The summed E-state index contributed by atoms with van der Waals surface area (Å²) in [4.78, 5) is 39.2. The van der Waals surface area contributed by atoms with E-state index in [0.717, 1.165) is 16.0 Å². The van der Waals surface area contributed by atoms with Gasteiger partial charge in [0.15, 0.2) is 5.69 Å². The Bertz CT molecular complexity index is 1380. The molecule has 0 radical (unpaired) electrons. The number of hydrogen-bond acceptors (Lipinski definition) is 9. The second-order valence-corrected chi connectivity index (χ2v) is 8.15.